The molecule has 0 aliphatic rings. The van der Waals surface area contributed by atoms with E-state index in [4.69, 9.17) is 11.6 Å². The standard InChI is InChI=1S/C19H26ClN3O2/c1-7-22(18(25)19(4,5)6)12(3)16-21-15-11-13(20)9-10-14(15)17(24)23(16)8-2/h9-12H,7-8H2,1-6H3. The van der Waals surface area contributed by atoms with Gasteiger partial charge in [0.15, 0.2) is 0 Å². The topological polar surface area (TPSA) is 55.2 Å². The average Bonchev–Trinajstić information content (AvgIpc) is 2.53. The number of fused-ring (bicyclic) bond motifs is 1. The summed E-state index contributed by atoms with van der Waals surface area (Å²) in [5, 5.41) is 1.07. The number of carbonyl (C=O) groups is 1. The SMILES string of the molecule is CCN(C(=O)C(C)(C)C)C(C)c1nc2cc(Cl)ccc2c(=O)n1CC. The third-order valence-corrected chi connectivity index (χ3v) is 4.58. The predicted octanol–water partition coefficient (Wildman–Crippen LogP) is 4.03. The highest BCUT2D eigenvalue weighted by molar-refractivity contribution is 6.31. The molecule has 1 aromatic carbocycles. The number of benzene rings is 1. The second kappa shape index (κ2) is 7.16. The summed E-state index contributed by atoms with van der Waals surface area (Å²) in [5.41, 5.74) is -0.0459. The van der Waals surface area contributed by atoms with Gasteiger partial charge in [-0.25, -0.2) is 4.98 Å². The monoisotopic (exact) mass is 363 g/mol. The smallest absolute Gasteiger partial charge is 0.261 e. The van der Waals surface area contributed by atoms with Crippen LogP contribution in [-0.2, 0) is 11.3 Å². The summed E-state index contributed by atoms with van der Waals surface area (Å²) >= 11 is 6.06. The Kier molecular flexibility index (Phi) is 5.57. The van der Waals surface area contributed by atoms with Crippen molar-refractivity contribution in [3.63, 3.8) is 0 Å². The van der Waals surface area contributed by atoms with Gasteiger partial charge in [0.25, 0.3) is 5.56 Å². The van der Waals surface area contributed by atoms with E-state index in [1.807, 2.05) is 41.5 Å². The maximum absolute atomic E-state index is 12.9. The molecular weight excluding hydrogens is 338 g/mol. The van der Waals surface area contributed by atoms with Gasteiger partial charge in [0.1, 0.15) is 5.82 Å². The molecule has 1 heterocycles. The lowest BCUT2D eigenvalue weighted by Gasteiger charge is -2.34. The first kappa shape index (κ1) is 19.4. The molecule has 5 nitrogen and oxygen atoms in total. The van der Waals surface area contributed by atoms with E-state index < -0.39 is 5.41 Å². The number of aromatic nitrogens is 2. The van der Waals surface area contributed by atoms with E-state index in [-0.39, 0.29) is 17.5 Å². The van der Waals surface area contributed by atoms with Gasteiger partial charge in [-0.05, 0) is 39.0 Å². The fourth-order valence-electron chi connectivity index (χ4n) is 3.00. The Hall–Kier alpha value is -1.88. The van der Waals surface area contributed by atoms with E-state index in [2.05, 4.69) is 4.98 Å². The Morgan fingerprint density at radius 1 is 1.32 bits per heavy atom. The molecule has 1 unspecified atom stereocenters. The van der Waals surface area contributed by atoms with Gasteiger partial charge in [0.05, 0.1) is 16.9 Å². The highest BCUT2D eigenvalue weighted by Crippen LogP contribution is 2.26. The number of nitrogens with zero attached hydrogens (tertiary/aromatic N) is 3. The number of hydrogen-bond donors (Lipinski definition) is 0. The highest BCUT2D eigenvalue weighted by atomic mass is 35.5. The summed E-state index contributed by atoms with van der Waals surface area (Å²) in [6, 6.07) is 4.77. The maximum Gasteiger partial charge on any atom is 0.261 e. The summed E-state index contributed by atoms with van der Waals surface area (Å²) in [5.74, 6) is 0.618. The molecule has 6 heteroatoms. The number of carbonyl (C=O) groups excluding carboxylic acids is 1. The molecule has 0 radical (unpaired) electrons. The maximum atomic E-state index is 12.9. The zero-order valence-electron chi connectivity index (χ0n) is 15.8. The van der Waals surface area contributed by atoms with Crippen LogP contribution in [0, 0.1) is 5.41 Å². The Morgan fingerprint density at radius 2 is 1.96 bits per heavy atom. The lowest BCUT2D eigenvalue weighted by Crippen LogP contribution is -2.42. The fourth-order valence-corrected chi connectivity index (χ4v) is 3.17. The van der Waals surface area contributed by atoms with Crippen molar-refractivity contribution in [2.75, 3.05) is 6.54 Å². The van der Waals surface area contributed by atoms with E-state index in [1.54, 1.807) is 27.7 Å². The summed E-state index contributed by atoms with van der Waals surface area (Å²) in [4.78, 5) is 32.1. The Balaban J connectivity index is 2.65. The number of halogens is 1. The van der Waals surface area contributed by atoms with Gasteiger partial charge in [-0.15, -0.1) is 0 Å². The van der Waals surface area contributed by atoms with E-state index in [1.165, 1.54) is 0 Å². The van der Waals surface area contributed by atoms with Gasteiger partial charge in [-0.1, -0.05) is 32.4 Å². The second-order valence-electron chi connectivity index (χ2n) is 7.20. The molecule has 0 fully saturated rings. The Morgan fingerprint density at radius 3 is 2.48 bits per heavy atom. The van der Waals surface area contributed by atoms with Crippen LogP contribution >= 0.6 is 11.6 Å². The van der Waals surface area contributed by atoms with Crippen molar-refractivity contribution in [2.24, 2.45) is 5.41 Å². The van der Waals surface area contributed by atoms with Crippen molar-refractivity contribution >= 4 is 28.4 Å². The Bertz CT molecular complexity index is 852. The van der Waals surface area contributed by atoms with Crippen LogP contribution < -0.4 is 5.56 Å². The molecule has 0 saturated carbocycles. The van der Waals surface area contributed by atoms with E-state index >= 15 is 0 Å². The predicted molar refractivity (Wildman–Crippen MR) is 102 cm³/mol. The average molecular weight is 364 g/mol. The number of amides is 1. The molecule has 0 bridgehead atoms. The van der Waals surface area contributed by atoms with E-state index in [0.29, 0.717) is 34.8 Å². The van der Waals surface area contributed by atoms with Crippen molar-refractivity contribution < 1.29 is 4.79 Å². The van der Waals surface area contributed by atoms with Gasteiger partial charge in [-0.3, -0.25) is 14.2 Å². The number of rotatable bonds is 4. The van der Waals surface area contributed by atoms with Crippen molar-refractivity contribution in [3.05, 3.63) is 39.4 Å². The molecule has 0 aliphatic carbocycles. The van der Waals surface area contributed by atoms with Gasteiger partial charge in [-0.2, -0.15) is 0 Å². The van der Waals surface area contributed by atoms with Crippen LogP contribution in [0.4, 0.5) is 0 Å². The molecule has 25 heavy (non-hydrogen) atoms. The van der Waals surface area contributed by atoms with Crippen LogP contribution in [0.3, 0.4) is 0 Å². The van der Waals surface area contributed by atoms with Crippen LogP contribution in [0.25, 0.3) is 10.9 Å². The minimum atomic E-state index is -0.498. The van der Waals surface area contributed by atoms with Crippen LogP contribution in [0.2, 0.25) is 5.02 Å². The lowest BCUT2D eigenvalue weighted by atomic mass is 9.94. The minimum absolute atomic E-state index is 0.0330. The van der Waals surface area contributed by atoms with Crippen LogP contribution in [0.15, 0.2) is 23.0 Å². The molecule has 2 aromatic rings. The van der Waals surface area contributed by atoms with Gasteiger partial charge < -0.3 is 4.90 Å². The van der Waals surface area contributed by atoms with Crippen LogP contribution in [-0.4, -0.2) is 26.9 Å². The quantitative estimate of drug-likeness (QED) is 0.824. The highest BCUT2D eigenvalue weighted by Gasteiger charge is 2.31. The van der Waals surface area contributed by atoms with Crippen molar-refractivity contribution in [2.45, 2.75) is 54.1 Å². The summed E-state index contributed by atoms with van der Waals surface area (Å²) in [6.07, 6.45) is 0. The zero-order valence-corrected chi connectivity index (χ0v) is 16.5. The normalized spacial score (nSPS) is 13.1. The molecule has 0 saturated heterocycles. The molecule has 136 valence electrons. The van der Waals surface area contributed by atoms with Gasteiger partial charge >= 0.3 is 0 Å². The summed E-state index contributed by atoms with van der Waals surface area (Å²) < 4.78 is 1.64. The third kappa shape index (κ3) is 3.71. The molecule has 0 spiro atoms. The fraction of sp³-hybridized carbons (Fsp3) is 0.526. The van der Waals surface area contributed by atoms with E-state index in [0.717, 1.165) is 0 Å². The summed E-state index contributed by atoms with van der Waals surface area (Å²) in [7, 11) is 0. The van der Waals surface area contributed by atoms with Crippen molar-refractivity contribution in [1.82, 2.24) is 14.5 Å². The molecule has 1 atom stereocenters. The molecule has 2 rings (SSSR count). The van der Waals surface area contributed by atoms with E-state index in [9.17, 15) is 9.59 Å². The number of hydrogen-bond acceptors (Lipinski definition) is 3. The first-order valence-corrected chi connectivity index (χ1v) is 9.00. The molecule has 0 N–H and O–H groups in total. The van der Waals surface area contributed by atoms with Crippen molar-refractivity contribution in [1.29, 1.82) is 0 Å². The van der Waals surface area contributed by atoms with Crippen LogP contribution in [0.5, 0.6) is 0 Å². The summed E-state index contributed by atoms with van der Waals surface area (Å²) in [6.45, 7) is 12.5. The zero-order chi connectivity index (χ0) is 18.9. The largest absolute Gasteiger partial charge is 0.333 e. The second-order valence-corrected chi connectivity index (χ2v) is 7.63. The van der Waals surface area contributed by atoms with Gasteiger partial charge in [0.2, 0.25) is 5.91 Å². The molecule has 1 aromatic heterocycles. The Labute approximate surface area is 153 Å². The molecule has 0 aliphatic heterocycles. The molecular formula is C19H26ClN3O2. The third-order valence-electron chi connectivity index (χ3n) is 4.35. The van der Waals surface area contributed by atoms with Crippen LogP contribution in [0.1, 0.15) is 53.4 Å². The first-order chi connectivity index (χ1) is 11.6. The first-order valence-electron chi connectivity index (χ1n) is 8.62. The van der Waals surface area contributed by atoms with Gasteiger partial charge in [0, 0.05) is 23.5 Å². The minimum Gasteiger partial charge on any atom is -0.333 e. The molecule has 1 amide bonds. The lowest BCUT2D eigenvalue weighted by molar-refractivity contribution is -0.141. The van der Waals surface area contributed by atoms with Crippen molar-refractivity contribution in [3.8, 4) is 0 Å².